The number of hydrogen-bond acceptors (Lipinski definition) is 4. The van der Waals surface area contributed by atoms with Crippen LogP contribution in [0.1, 0.15) is 73.6 Å². The Morgan fingerprint density at radius 1 is 1.05 bits per heavy atom. The highest BCUT2D eigenvalue weighted by Gasteiger charge is 2.16. The lowest BCUT2D eigenvalue weighted by molar-refractivity contribution is -0.147. The Labute approximate surface area is 135 Å². The van der Waals surface area contributed by atoms with Crippen LogP contribution in [-0.4, -0.2) is 30.3 Å². The molecule has 0 saturated carbocycles. The zero-order chi connectivity index (χ0) is 17.2. The van der Waals surface area contributed by atoms with E-state index in [-0.39, 0.29) is 18.2 Å². The van der Waals surface area contributed by atoms with Gasteiger partial charge in [0, 0.05) is 13.5 Å². The minimum absolute atomic E-state index is 0.0219. The van der Waals surface area contributed by atoms with Crippen molar-refractivity contribution in [2.75, 3.05) is 6.54 Å². The fourth-order valence-corrected chi connectivity index (χ4v) is 2.06. The third kappa shape index (κ3) is 12.5. The topological polar surface area (TPSA) is 64.6 Å². The number of unbranched alkanes of at least 4 members (excludes halogenated alkanes) is 3. The van der Waals surface area contributed by atoms with E-state index < -0.39 is 5.60 Å². The van der Waals surface area contributed by atoms with E-state index in [2.05, 4.69) is 12.2 Å². The lowest BCUT2D eigenvalue weighted by atomic mass is 9.98. The van der Waals surface area contributed by atoms with E-state index in [1.807, 2.05) is 27.7 Å². The summed E-state index contributed by atoms with van der Waals surface area (Å²) in [6.07, 6.45) is 4.93. The van der Waals surface area contributed by atoms with E-state index in [0.717, 1.165) is 32.1 Å². The highest BCUT2D eigenvalue weighted by atomic mass is 16.6. The van der Waals surface area contributed by atoms with Crippen molar-refractivity contribution in [3.63, 3.8) is 0 Å². The van der Waals surface area contributed by atoms with Gasteiger partial charge in [-0.2, -0.15) is 0 Å². The fourth-order valence-electron chi connectivity index (χ4n) is 2.06. The standard InChI is InChI=1S/C17H33NO4/c1-13(14(2)21-15(3)19)11-9-7-8-10-12-18-16(20)22-17(4,5)6/h13-14H,7-12H2,1-6H3,(H,18,20). The number of carbonyl (C=O) groups is 2. The van der Waals surface area contributed by atoms with E-state index in [1.54, 1.807) is 0 Å². The second-order valence-electron chi connectivity index (χ2n) is 6.92. The van der Waals surface area contributed by atoms with Gasteiger partial charge in [0.1, 0.15) is 11.7 Å². The first kappa shape index (κ1) is 20.7. The van der Waals surface area contributed by atoms with Gasteiger partial charge in [0.25, 0.3) is 0 Å². The lowest BCUT2D eigenvalue weighted by Crippen LogP contribution is -2.32. The number of carbonyl (C=O) groups excluding carboxylic acids is 2. The smallest absolute Gasteiger partial charge is 0.407 e. The van der Waals surface area contributed by atoms with E-state index in [1.165, 1.54) is 6.92 Å². The molecular weight excluding hydrogens is 282 g/mol. The van der Waals surface area contributed by atoms with Gasteiger partial charge in [-0.25, -0.2) is 4.79 Å². The van der Waals surface area contributed by atoms with E-state index in [9.17, 15) is 9.59 Å². The summed E-state index contributed by atoms with van der Waals surface area (Å²) in [5.74, 6) is 0.163. The number of nitrogens with one attached hydrogen (secondary N) is 1. The average Bonchev–Trinajstić information content (AvgIpc) is 2.34. The van der Waals surface area contributed by atoms with Gasteiger partial charge >= 0.3 is 12.1 Å². The molecular formula is C17H33NO4. The Kier molecular flexibility index (Phi) is 9.86. The van der Waals surface area contributed by atoms with Gasteiger partial charge in [0.2, 0.25) is 0 Å². The number of ether oxygens (including phenoxy) is 2. The van der Waals surface area contributed by atoms with Crippen molar-refractivity contribution in [2.45, 2.75) is 85.4 Å². The van der Waals surface area contributed by atoms with Crippen LogP contribution in [-0.2, 0) is 14.3 Å². The molecule has 0 aromatic heterocycles. The summed E-state index contributed by atoms with van der Waals surface area (Å²) in [6.45, 7) is 11.7. The van der Waals surface area contributed by atoms with Crippen LogP contribution in [0.4, 0.5) is 4.79 Å². The molecule has 2 unspecified atom stereocenters. The molecule has 22 heavy (non-hydrogen) atoms. The lowest BCUT2D eigenvalue weighted by Gasteiger charge is -2.20. The molecule has 0 aliphatic heterocycles. The molecule has 0 aliphatic carbocycles. The third-order valence-electron chi connectivity index (χ3n) is 3.41. The van der Waals surface area contributed by atoms with Crippen molar-refractivity contribution in [1.82, 2.24) is 5.32 Å². The van der Waals surface area contributed by atoms with Gasteiger partial charge in [-0.05, 0) is 46.5 Å². The molecule has 0 spiro atoms. The Bertz CT molecular complexity index is 336. The molecule has 0 heterocycles. The Balaban J connectivity index is 3.54. The average molecular weight is 315 g/mol. The minimum Gasteiger partial charge on any atom is -0.463 e. The number of esters is 1. The quantitative estimate of drug-likeness (QED) is 0.515. The SMILES string of the molecule is CC(=O)OC(C)C(C)CCCCCCNC(=O)OC(C)(C)C. The molecule has 1 N–H and O–H groups in total. The van der Waals surface area contributed by atoms with Gasteiger partial charge in [-0.1, -0.05) is 26.2 Å². The van der Waals surface area contributed by atoms with Crippen molar-refractivity contribution >= 4 is 12.1 Å². The van der Waals surface area contributed by atoms with Crippen molar-refractivity contribution in [3.8, 4) is 0 Å². The van der Waals surface area contributed by atoms with Crippen LogP contribution >= 0.6 is 0 Å². The van der Waals surface area contributed by atoms with E-state index >= 15 is 0 Å². The van der Waals surface area contributed by atoms with E-state index in [4.69, 9.17) is 9.47 Å². The predicted octanol–water partition coefficient (Wildman–Crippen LogP) is 4.05. The maximum atomic E-state index is 11.4. The zero-order valence-electron chi connectivity index (χ0n) is 15.0. The molecule has 0 radical (unpaired) electrons. The van der Waals surface area contributed by atoms with Crippen molar-refractivity contribution in [2.24, 2.45) is 5.92 Å². The van der Waals surface area contributed by atoms with Crippen LogP contribution < -0.4 is 5.32 Å². The highest BCUT2D eigenvalue weighted by Crippen LogP contribution is 2.16. The summed E-state index contributed by atoms with van der Waals surface area (Å²) in [5, 5.41) is 2.76. The normalized spacial score (nSPS) is 14.1. The van der Waals surface area contributed by atoms with Crippen LogP contribution in [0.2, 0.25) is 0 Å². The summed E-state index contributed by atoms with van der Waals surface area (Å²) in [5.41, 5.74) is -0.446. The number of amides is 1. The molecule has 1 amide bonds. The van der Waals surface area contributed by atoms with Gasteiger partial charge in [-0.15, -0.1) is 0 Å². The van der Waals surface area contributed by atoms with Crippen LogP contribution in [0.25, 0.3) is 0 Å². The summed E-state index contributed by atoms with van der Waals surface area (Å²) in [4.78, 5) is 22.3. The van der Waals surface area contributed by atoms with Crippen molar-refractivity contribution in [1.29, 1.82) is 0 Å². The molecule has 0 fully saturated rings. The zero-order valence-corrected chi connectivity index (χ0v) is 15.0. The highest BCUT2D eigenvalue weighted by molar-refractivity contribution is 5.67. The molecule has 0 rings (SSSR count). The van der Waals surface area contributed by atoms with Crippen molar-refractivity contribution < 1.29 is 19.1 Å². The van der Waals surface area contributed by atoms with Crippen LogP contribution in [0.15, 0.2) is 0 Å². The molecule has 0 aromatic rings. The fraction of sp³-hybridized carbons (Fsp3) is 0.882. The number of hydrogen-bond donors (Lipinski definition) is 1. The largest absolute Gasteiger partial charge is 0.463 e. The maximum absolute atomic E-state index is 11.4. The summed E-state index contributed by atoms with van der Waals surface area (Å²) < 4.78 is 10.3. The number of alkyl carbamates (subject to hydrolysis) is 1. The first-order chi connectivity index (χ1) is 10.1. The first-order valence-corrected chi connectivity index (χ1v) is 8.26. The summed E-state index contributed by atoms with van der Waals surface area (Å²) in [6, 6.07) is 0. The van der Waals surface area contributed by atoms with Gasteiger partial charge in [0.15, 0.2) is 0 Å². The Morgan fingerprint density at radius 3 is 2.18 bits per heavy atom. The summed E-state index contributed by atoms with van der Waals surface area (Å²) >= 11 is 0. The third-order valence-corrected chi connectivity index (χ3v) is 3.41. The van der Waals surface area contributed by atoms with Gasteiger partial charge < -0.3 is 14.8 Å². The summed E-state index contributed by atoms with van der Waals surface area (Å²) in [7, 11) is 0. The van der Waals surface area contributed by atoms with Gasteiger partial charge in [-0.3, -0.25) is 4.79 Å². The molecule has 0 saturated heterocycles. The second-order valence-corrected chi connectivity index (χ2v) is 6.92. The number of rotatable bonds is 9. The van der Waals surface area contributed by atoms with Gasteiger partial charge in [0.05, 0.1) is 0 Å². The first-order valence-electron chi connectivity index (χ1n) is 8.26. The second kappa shape index (κ2) is 10.5. The molecule has 0 aromatic carbocycles. The van der Waals surface area contributed by atoms with Crippen LogP contribution in [0, 0.1) is 5.92 Å². The van der Waals surface area contributed by atoms with E-state index in [0.29, 0.717) is 12.5 Å². The monoisotopic (exact) mass is 315 g/mol. The minimum atomic E-state index is -0.446. The molecule has 0 aliphatic rings. The molecule has 0 bridgehead atoms. The Morgan fingerprint density at radius 2 is 1.64 bits per heavy atom. The molecule has 5 heteroatoms. The Hall–Kier alpha value is -1.26. The molecule has 2 atom stereocenters. The predicted molar refractivity (Wildman–Crippen MR) is 87.7 cm³/mol. The molecule has 130 valence electrons. The molecule has 5 nitrogen and oxygen atoms in total. The van der Waals surface area contributed by atoms with Crippen LogP contribution in [0.5, 0.6) is 0 Å². The maximum Gasteiger partial charge on any atom is 0.407 e. The van der Waals surface area contributed by atoms with Crippen molar-refractivity contribution in [3.05, 3.63) is 0 Å². The van der Waals surface area contributed by atoms with Crippen LogP contribution in [0.3, 0.4) is 0 Å².